The van der Waals surface area contributed by atoms with E-state index < -0.39 is 24.0 Å². The van der Waals surface area contributed by atoms with Gasteiger partial charge >= 0.3 is 6.18 Å². The zero-order valence-electron chi connectivity index (χ0n) is 18.3. The van der Waals surface area contributed by atoms with Crippen molar-refractivity contribution >= 4 is 5.96 Å². The minimum atomic E-state index is -4.88. The van der Waals surface area contributed by atoms with Gasteiger partial charge in [0.2, 0.25) is 5.60 Å². The number of rotatable bonds is 9. The van der Waals surface area contributed by atoms with Crippen LogP contribution in [-0.2, 0) is 12.6 Å². The maximum absolute atomic E-state index is 13.6. The number of imidazole rings is 1. The second-order valence-electron chi connectivity index (χ2n) is 7.29. The third kappa shape index (κ3) is 6.36. The molecule has 0 aliphatic rings. The largest absolute Gasteiger partial charge is 0.492 e. The predicted molar refractivity (Wildman–Crippen MR) is 113 cm³/mol. The summed E-state index contributed by atoms with van der Waals surface area (Å²) in [5.74, 6) is 0.714. The van der Waals surface area contributed by atoms with Crippen LogP contribution in [0.15, 0.2) is 41.7 Å². The lowest BCUT2D eigenvalue weighted by atomic mass is 9.98. The molecule has 0 aliphatic carbocycles. The van der Waals surface area contributed by atoms with Crippen LogP contribution in [0.4, 0.5) is 13.2 Å². The van der Waals surface area contributed by atoms with E-state index in [0.29, 0.717) is 25.7 Å². The summed E-state index contributed by atoms with van der Waals surface area (Å²) in [4.78, 5) is 9.74. The van der Waals surface area contributed by atoms with Crippen molar-refractivity contribution in [3.63, 3.8) is 0 Å². The quantitative estimate of drug-likeness (QED) is 0.462. The zero-order chi connectivity index (χ0) is 23.1. The number of guanidine groups is 1. The van der Waals surface area contributed by atoms with Crippen LogP contribution in [0.3, 0.4) is 0 Å². The molecule has 10 heteroatoms. The fraction of sp³-hybridized carbons (Fsp3) is 0.524. The summed E-state index contributed by atoms with van der Waals surface area (Å²) in [6.07, 6.45) is -2.94. The fourth-order valence-corrected chi connectivity index (χ4v) is 2.98. The summed E-state index contributed by atoms with van der Waals surface area (Å²) in [6.45, 7) is 5.02. The second kappa shape index (κ2) is 10.5. The van der Waals surface area contributed by atoms with Crippen LogP contribution in [-0.4, -0.2) is 65.0 Å². The number of hydrogen-bond donors (Lipinski definition) is 2. The second-order valence-corrected chi connectivity index (χ2v) is 7.29. The number of aryl methyl sites for hydroxylation is 2. The number of halogens is 3. The molecule has 7 nitrogen and oxygen atoms in total. The molecule has 0 radical (unpaired) electrons. The van der Waals surface area contributed by atoms with Crippen LogP contribution in [0, 0.1) is 6.92 Å². The van der Waals surface area contributed by atoms with Crippen molar-refractivity contribution in [3.8, 4) is 5.75 Å². The number of aliphatic hydroxyl groups is 1. The first-order chi connectivity index (χ1) is 14.6. The van der Waals surface area contributed by atoms with Crippen LogP contribution in [0.25, 0.3) is 0 Å². The van der Waals surface area contributed by atoms with Gasteiger partial charge in [-0.05, 0) is 26.0 Å². The summed E-state index contributed by atoms with van der Waals surface area (Å²) >= 11 is 0. The maximum atomic E-state index is 13.6. The van der Waals surface area contributed by atoms with Gasteiger partial charge in [0.15, 0.2) is 5.96 Å². The highest BCUT2D eigenvalue weighted by Crippen LogP contribution is 2.40. The Kier molecular flexibility index (Phi) is 8.32. The van der Waals surface area contributed by atoms with E-state index in [1.807, 2.05) is 38.1 Å². The zero-order valence-corrected chi connectivity index (χ0v) is 18.3. The molecule has 31 heavy (non-hydrogen) atoms. The Labute approximate surface area is 180 Å². The summed E-state index contributed by atoms with van der Waals surface area (Å²) in [5.41, 5.74) is -1.95. The monoisotopic (exact) mass is 441 g/mol. The van der Waals surface area contributed by atoms with E-state index in [0.717, 1.165) is 15.9 Å². The van der Waals surface area contributed by atoms with Crippen molar-refractivity contribution in [2.45, 2.75) is 32.0 Å². The molecule has 0 saturated heterocycles. The van der Waals surface area contributed by atoms with Crippen molar-refractivity contribution in [3.05, 3.63) is 48.0 Å². The molecule has 1 atom stereocenters. The van der Waals surface area contributed by atoms with E-state index in [1.54, 1.807) is 11.9 Å². The number of nitrogens with zero attached hydrogens (tertiary/aromatic N) is 4. The number of aromatic nitrogens is 2. The highest BCUT2D eigenvalue weighted by molar-refractivity contribution is 5.79. The molecule has 0 amide bonds. The van der Waals surface area contributed by atoms with Gasteiger partial charge in [0, 0.05) is 46.0 Å². The van der Waals surface area contributed by atoms with Crippen LogP contribution >= 0.6 is 0 Å². The molecule has 0 bridgehead atoms. The first-order valence-electron chi connectivity index (χ1n) is 10.0. The Morgan fingerprint density at radius 1 is 1.29 bits per heavy atom. The number of likely N-dealkylation sites (N-methyl/N-ethyl adjacent to an activating group) is 1. The molecular weight excluding hydrogens is 411 g/mol. The molecule has 2 rings (SSSR count). The molecule has 1 unspecified atom stereocenters. The van der Waals surface area contributed by atoms with Gasteiger partial charge in [-0.2, -0.15) is 13.2 Å². The van der Waals surface area contributed by atoms with Gasteiger partial charge in [-0.3, -0.25) is 4.99 Å². The lowest BCUT2D eigenvalue weighted by Gasteiger charge is -2.29. The fourth-order valence-electron chi connectivity index (χ4n) is 2.98. The Morgan fingerprint density at radius 2 is 1.97 bits per heavy atom. The predicted octanol–water partition coefficient (Wildman–Crippen LogP) is 2.84. The molecule has 0 aliphatic heterocycles. The highest BCUT2D eigenvalue weighted by atomic mass is 19.4. The van der Waals surface area contributed by atoms with Gasteiger partial charge in [0.1, 0.15) is 18.2 Å². The van der Waals surface area contributed by atoms with Crippen molar-refractivity contribution in [2.75, 3.05) is 33.3 Å². The van der Waals surface area contributed by atoms with E-state index in [4.69, 9.17) is 4.74 Å². The molecule has 1 aromatic carbocycles. The average molecular weight is 441 g/mol. The maximum Gasteiger partial charge on any atom is 0.424 e. The van der Waals surface area contributed by atoms with Crippen molar-refractivity contribution in [2.24, 2.45) is 12.0 Å². The molecule has 1 aromatic heterocycles. The molecule has 2 aromatic rings. The van der Waals surface area contributed by atoms with Crippen molar-refractivity contribution in [1.29, 1.82) is 0 Å². The number of alkyl halides is 3. The van der Waals surface area contributed by atoms with Gasteiger partial charge in [0.25, 0.3) is 0 Å². The number of benzene rings is 1. The Hall–Kier alpha value is -2.75. The standard InChI is InChI=1S/C21H30F3N5O2/c1-5-25-19(29(4)14-15-31-17-8-6-16(2)7-9-17)27-11-10-20(30,21(22,23)24)18-26-12-13-28(18)3/h6-9,12-13,30H,5,10-11,14-15H2,1-4H3,(H,25,27). The van der Waals surface area contributed by atoms with Gasteiger partial charge in [-0.25, -0.2) is 4.98 Å². The first-order valence-corrected chi connectivity index (χ1v) is 10.0. The van der Waals surface area contributed by atoms with E-state index in [9.17, 15) is 18.3 Å². The number of ether oxygens (including phenoxy) is 1. The van der Waals surface area contributed by atoms with Crippen molar-refractivity contribution in [1.82, 2.24) is 19.8 Å². The smallest absolute Gasteiger partial charge is 0.424 e. The van der Waals surface area contributed by atoms with Crippen LogP contribution in [0.5, 0.6) is 5.75 Å². The van der Waals surface area contributed by atoms with Crippen molar-refractivity contribution < 1.29 is 23.0 Å². The van der Waals surface area contributed by atoms with Crippen LogP contribution < -0.4 is 10.1 Å². The third-order valence-corrected chi connectivity index (χ3v) is 4.81. The van der Waals surface area contributed by atoms with Crippen LogP contribution in [0.2, 0.25) is 0 Å². The molecule has 0 saturated carbocycles. The highest BCUT2D eigenvalue weighted by Gasteiger charge is 2.57. The van der Waals surface area contributed by atoms with Gasteiger partial charge in [0.05, 0.1) is 6.54 Å². The first kappa shape index (κ1) is 24.5. The molecule has 1 heterocycles. The van der Waals surface area contributed by atoms with E-state index in [-0.39, 0.29) is 6.54 Å². The van der Waals surface area contributed by atoms with E-state index in [2.05, 4.69) is 15.3 Å². The SMILES string of the molecule is CCNC(=NCCC(O)(c1nccn1C)C(F)(F)F)N(C)CCOc1ccc(C)cc1. The molecule has 2 N–H and O–H groups in total. The normalized spacial score (nSPS) is 14.3. The summed E-state index contributed by atoms with van der Waals surface area (Å²) in [7, 11) is 3.18. The van der Waals surface area contributed by atoms with Gasteiger partial charge in [-0.15, -0.1) is 0 Å². The molecule has 172 valence electrons. The van der Waals surface area contributed by atoms with Gasteiger partial charge < -0.3 is 24.6 Å². The van der Waals surface area contributed by atoms with Gasteiger partial charge in [-0.1, -0.05) is 17.7 Å². The Balaban J connectivity index is 2.01. The number of aliphatic imine (C=N–C) groups is 1. The van der Waals surface area contributed by atoms with E-state index >= 15 is 0 Å². The summed E-state index contributed by atoms with van der Waals surface area (Å²) < 4.78 is 47.8. The average Bonchev–Trinajstić information content (AvgIpc) is 3.14. The van der Waals surface area contributed by atoms with E-state index in [1.165, 1.54) is 19.4 Å². The lowest BCUT2D eigenvalue weighted by Crippen LogP contribution is -2.45. The number of hydrogen-bond acceptors (Lipinski definition) is 4. The Morgan fingerprint density at radius 3 is 2.52 bits per heavy atom. The Bertz CT molecular complexity index is 851. The molecular formula is C21H30F3N5O2. The summed E-state index contributed by atoms with van der Waals surface area (Å²) in [5, 5.41) is 13.5. The lowest BCUT2D eigenvalue weighted by molar-refractivity contribution is -0.272. The topological polar surface area (TPSA) is 74.9 Å². The molecule has 0 fully saturated rings. The summed E-state index contributed by atoms with van der Waals surface area (Å²) in [6, 6.07) is 7.66. The van der Waals surface area contributed by atoms with Crippen LogP contribution in [0.1, 0.15) is 24.7 Å². The third-order valence-electron chi connectivity index (χ3n) is 4.81. The minimum Gasteiger partial charge on any atom is -0.492 e. The molecule has 0 spiro atoms. The minimum absolute atomic E-state index is 0.242. The number of nitrogens with one attached hydrogen (secondary N) is 1.